The van der Waals surface area contributed by atoms with Crippen LogP contribution in [0.5, 0.6) is 0 Å². The minimum atomic E-state index is -0.948. The first-order chi connectivity index (χ1) is 10.1. The van der Waals surface area contributed by atoms with E-state index in [9.17, 15) is 9.59 Å². The lowest BCUT2D eigenvalue weighted by molar-refractivity contribution is -0.149. The fraction of sp³-hybridized carbons (Fsp3) is 0.500. The normalized spacial score (nSPS) is 21.0. The van der Waals surface area contributed by atoms with Crippen molar-refractivity contribution in [2.24, 2.45) is 0 Å². The van der Waals surface area contributed by atoms with E-state index < -0.39 is 12.1 Å². The standard InChI is InChI=1S/C14H19N3O4/c1-17(9-10-4-2-3-7-15-10)14(20)16-8-11-5-6-12(21-11)13(18)19/h2-4,7,11-12H,5-6,8-9H2,1H3,(H,16,20)(H,18,19). The lowest BCUT2D eigenvalue weighted by atomic mass is 10.2. The maximum atomic E-state index is 11.9. The van der Waals surface area contributed by atoms with Crippen molar-refractivity contribution in [2.45, 2.75) is 31.6 Å². The highest BCUT2D eigenvalue weighted by Gasteiger charge is 2.30. The molecule has 0 aromatic carbocycles. The van der Waals surface area contributed by atoms with Crippen molar-refractivity contribution in [3.05, 3.63) is 30.1 Å². The number of carboxylic acids is 1. The molecule has 1 aromatic heterocycles. The zero-order valence-electron chi connectivity index (χ0n) is 11.9. The summed E-state index contributed by atoms with van der Waals surface area (Å²) in [6.07, 6.45) is 1.82. The first-order valence-corrected chi connectivity index (χ1v) is 6.83. The monoisotopic (exact) mass is 293 g/mol. The number of aliphatic carboxylic acids is 1. The number of carboxylic acid groups (broad SMARTS) is 1. The first kappa shape index (κ1) is 15.2. The Hall–Kier alpha value is -2.15. The molecule has 114 valence electrons. The van der Waals surface area contributed by atoms with Gasteiger partial charge in [-0.25, -0.2) is 9.59 Å². The Labute approximate surface area is 122 Å². The number of urea groups is 1. The van der Waals surface area contributed by atoms with Crippen LogP contribution >= 0.6 is 0 Å². The molecule has 1 aromatic rings. The molecule has 7 nitrogen and oxygen atoms in total. The van der Waals surface area contributed by atoms with Crippen molar-refractivity contribution in [2.75, 3.05) is 13.6 Å². The van der Waals surface area contributed by atoms with E-state index in [-0.39, 0.29) is 12.1 Å². The second-order valence-corrected chi connectivity index (χ2v) is 5.03. The number of hydrogen-bond acceptors (Lipinski definition) is 4. The van der Waals surface area contributed by atoms with E-state index in [1.165, 1.54) is 4.90 Å². The molecule has 1 aliphatic heterocycles. The van der Waals surface area contributed by atoms with E-state index in [2.05, 4.69) is 10.3 Å². The van der Waals surface area contributed by atoms with Gasteiger partial charge in [0, 0.05) is 19.8 Å². The van der Waals surface area contributed by atoms with Crippen LogP contribution in [0.15, 0.2) is 24.4 Å². The van der Waals surface area contributed by atoms with E-state index in [0.717, 1.165) is 5.69 Å². The Morgan fingerprint density at radius 3 is 2.90 bits per heavy atom. The fourth-order valence-corrected chi connectivity index (χ4v) is 2.18. The molecular weight excluding hydrogens is 274 g/mol. The van der Waals surface area contributed by atoms with Gasteiger partial charge in [0.2, 0.25) is 0 Å². The van der Waals surface area contributed by atoms with Gasteiger partial charge in [0.15, 0.2) is 6.10 Å². The van der Waals surface area contributed by atoms with E-state index in [4.69, 9.17) is 9.84 Å². The predicted molar refractivity (Wildman–Crippen MR) is 74.6 cm³/mol. The Balaban J connectivity index is 1.73. The number of rotatable bonds is 5. The van der Waals surface area contributed by atoms with Gasteiger partial charge in [0.05, 0.1) is 18.3 Å². The van der Waals surface area contributed by atoms with Crippen LogP contribution in [0.2, 0.25) is 0 Å². The lowest BCUT2D eigenvalue weighted by Crippen LogP contribution is -2.40. The van der Waals surface area contributed by atoms with Crippen LogP contribution in [0.1, 0.15) is 18.5 Å². The molecule has 0 aliphatic carbocycles. The topological polar surface area (TPSA) is 91.8 Å². The number of aromatic nitrogens is 1. The Morgan fingerprint density at radius 1 is 1.48 bits per heavy atom. The third kappa shape index (κ3) is 4.42. The van der Waals surface area contributed by atoms with Gasteiger partial charge in [0.1, 0.15) is 0 Å². The molecule has 21 heavy (non-hydrogen) atoms. The predicted octanol–water partition coefficient (Wildman–Crippen LogP) is 0.855. The Morgan fingerprint density at radius 2 is 2.29 bits per heavy atom. The Kier molecular flexibility index (Phi) is 5.10. The van der Waals surface area contributed by atoms with Crippen LogP contribution in [-0.4, -0.2) is 52.8 Å². The number of nitrogens with one attached hydrogen (secondary N) is 1. The molecule has 7 heteroatoms. The van der Waals surface area contributed by atoms with Crippen molar-refractivity contribution in [1.29, 1.82) is 0 Å². The number of ether oxygens (including phenoxy) is 1. The van der Waals surface area contributed by atoms with Crippen molar-refractivity contribution in [3.63, 3.8) is 0 Å². The van der Waals surface area contributed by atoms with Crippen LogP contribution in [-0.2, 0) is 16.1 Å². The van der Waals surface area contributed by atoms with Crippen molar-refractivity contribution >= 4 is 12.0 Å². The van der Waals surface area contributed by atoms with Gasteiger partial charge >= 0.3 is 12.0 Å². The fourth-order valence-electron chi connectivity index (χ4n) is 2.18. The number of pyridine rings is 1. The second kappa shape index (κ2) is 7.03. The molecule has 2 rings (SSSR count). The van der Waals surface area contributed by atoms with E-state index in [0.29, 0.717) is 25.9 Å². The van der Waals surface area contributed by atoms with Gasteiger partial charge in [-0.2, -0.15) is 0 Å². The minimum absolute atomic E-state index is 0.233. The smallest absolute Gasteiger partial charge is 0.332 e. The largest absolute Gasteiger partial charge is 0.479 e. The molecule has 0 saturated carbocycles. The van der Waals surface area contributed by atoms with Crippen LogP contribution in [0.3, 0.4) is 0 Å². The third-order valence-corrected chi connectivity index (χ3v) is 3.34. The average molecular weight is 293 g/mol. The molecular formula is C14H19N3O4. The number of amides is 2. The summed E-state index contributed by atoms with van der Waals surface area (Å²) in [5.74, 6) is -0.948. The number of carbonyl (C=O) groups excluding carboxylic acids is 1. The third-order valence-electron chi connectivity index (χ3n) is 3.34. The maximum Gasteiger partial charge on any atom is 0.332 e. The highest BCUT2D eigenvalue weighted by Crippen LogP contribution is 2.19. The molecule has 0 spiro atoms. The summed E-state index contributed by atoms with van der Waals surface area (Å²) >= 11 is 0. The van der Waals surface area contributed by atoms with E-state index in [1.807, 2.05) is 18.2 Å². The summed E-state index contributed by atoms with van der Waals surface area (Å²) in [7, 11) is 1.68. The van der Waals surface area contributed by atoms with E-state index in [1.54, 1.807) is 13.2 Å². The van der Waals surface area contributed by atoms with Gasteiger partial charge in [-0.1, -0.05) is 6.07 Å². The zero-order chi connectivity index (χ0) is 15.2. The molecule has 0 radical (unpaired) electrons. The van der Waals surface area contributed by atoms with Crippen molar-refractivity contribution < 1.29 is 19.4 Å². The van der Waals surface area contributed by atoms with Crippen molar-refractivity contribution in [3.8, 4) is 0 Å². The van der Waals surface area contributed by atoms with Gasteiger partial charge in [0.25, 0.3) is 0 Å². The molecule has 2 atom stereocenters. The van der Waals surface area contributed by atoms with Crippen molar-refractivity contribution in [1.82, 2.24) is 15.2 Å². The van der Waals surface area contributed by atoms with Crippen LogP contribution < -0.4 is 5.32 Å². The summed E-state index contributed by atoms with van der Waals surface area (Å²) in [5, 5.41) is 11.6. The first-order valence-electron chi connectivity index (χ1n) is 6.83. The van der Waals surface area contributed by atoms with Gasteiger partial charge < -0.3 is 20.1 Å². The summed E-state index contributed by atoms with van der Waals surface area (Å²) < 4.78 is 5.33. The quantitative estimate of drug-likeness (QED) is 0.840. The Bertz CT molecular complexity index is 494. The average Bonchev–Trinajstić information content (AvgIpc) is 2.95. The molecule has 1 fully saturated rings. The maximum absolute atomic E-state index is 11.9. The number of hydrogen-bond donors (Lipinski definition) is 2. The van der Waals surface area contributed by atoms with Gasteiger partial charge in [-0.15, -0.1) is 0 Å². The molecule has 2 amide bonds. The molecule has 1 saturated heterocycles. The molecule has 0 bridgehead atoms. The van der Waals surface area contributed by atoms with Crippen LogP contribution in [0.4, 0.5) is 4.79 Å². The van der Waals surface area contributed by atoms with E-state index >= 15 is 0 Å². The molecule has 2 unspecified atom stereocenters. The second-order valence-electron chi connectivity index (χ2n) is 5.03. The van der Waals surface area contributed by atoms with Crippen LogP contribution in [0.25, 0.3) is 0 Å². The SMILES string of the molecule is CN(Cc1ccccn1)C(=O)NCC1CCC(C(=O)O)O1. The molecule has 1 aliphatic rings. The highest BCUT2D eigenvalue weighted by molar-refractivity contribution is 5.74. The molecule has 2 N–H and O–H groups in total. The van der Waals surface area contributed by atoms with Gasteiger partial charge in [-0.3, -0.25) is 4.98 Å². The zero-order valence-corrected chi connectivity index (χ0v) is 11.9. The van der Waals surface area contributed by atoms with Crippen LogP contribution in [0, 0.1) is 0 Å². The summed E-state index contributed by atoms with van der Waals surface area (Å²) in [6, 6.07) is 5.30. The summed E-state index contributed by atoms with van der Waals surface area (Å²) in [4.78, 5) is 28.4. The number of nitrogens with zero attached hydrogens (tertiary/aromatic N) is 2. The highest BCUT2D eigenvalue weighted by atomic mass is 16.5. The number of carbonyl (C=O) groups is 2. The molecule has 2 heterocycles. The minimum Gasteiger partial charge on any atom is -0.479 e. The summed E-state index contributed by atoms with van der Waals surface area (Å²) in [5.41, 5.74) is 0.804. The van der Waals surface area contributed by atoms with Gasteiger partial charge in [-0.05, 0) is 25.0 Å². The summed E-state index contributed by atoms with van der Waals surface area (Å²) in [6.45, 7) is 0.727. The lowest BCUT2D eigenvalue weighted by Gasteiger charge is -2.19.